The van der Waals surface area contributed by atoms with Gasteiger partial charge in [0.15, 0.2) is 5.16 Å². The van der Waals surface area contributed by atoms with E-state index in [1.807, 2.05) is 4.57 Å². The van der Waals surface area contributed by atoms with Crippen LogP contribution in [0.15, 0.2) is 29.4 Å². The minimum Gasteiger partial charge on any atom is -0.378 e. The maximum absolute atomic E-state index is 13.1. The minimum absolute atomic E-state index is 0.0778. The molecule has 1 fully saturated rings. The van der Waals surface area contributed by atoms with Gasteiger partial charge in [-0.1, -0.05) is 37.7 Å². The summed E-state index contributed by atoms with van der Waals surface area (Å²) in [4.78, 5) is 14.4. The van der Waals surface area contributed by atoms with Crippen molar-refractivity contribution in [2.24, 2.45) is 5.92 Å². The number of ether oxygens (including phenoxy) is 1. The molecule has 7 nitrogen and oxygen atoms in total. The third-order valence-corrected chi connectivity index (χ3v) is 5.34. The number of carbonyl (C=O) groups excluding carboxylic acids is 1. The maximum Gasteiger partial charge on any atom is 0.418 e. The van der Waals surface area contributed by atoms with Gasteiger partial charge in [-0.25, -0.2) is 0 Å². The number of carbonyl (C=O) groups is 1. The van der Waals surface area contributed by atoms with E-state index in [1.165, 1.54) is 18.2 Å². The van der Waals surface area contributed by atoms with Crippen molar-refractivity contribution in [3.8, 4) is 0 Å². The van der Waals surface area contributed by atoms with Gasteiger partial charge in [0.2, 0.25) is 11.9 Å². The molecule has 2 aromatic rings. The largest absolute Gasteiger partial charge is 0.418 e. The van der Waals surface area contributed by atoms with Crippen LogP contribution in [0, 0.1) is 5.92 Å². The standard InChI is InChI=1S/C19H24F3N5O2S/c1-13(2)11-27-17(26-7-9-29-10-8-26)24-25-18(27)30-12-16(28)23-15-6-4-3-5-14(15)19(20,21)22/h3-6,13H,7-12H2,1-2H3,(H,23,28). The van der Waals surface area contributed by atoms with Gasteiger partial charge in [0.05, 0.1) is 30.2 Å². The molecule has 0 saturated carbocycles. The summed E-state index contributed by atoms with van der Waals surface area (Å²) in [6, 6.07) is 4.92. The molecular formula is C19H24F3N5O2S. The number of thioether (sulfide) groups is 1. The number of aromatic nitrogens is 3. The van der Waals surface area contributed by atoms with Crippen molar-refractivity contribution >= 4 is 29.3 Å². The highest BCUT2D eigenvalue weighted by Crippen LogP contribution is 2.34. The van der Waals surface area contributed by atoms with Crippen LogP contribution in [0.25, 0.3) is 0 Å². The van der Waals surface area contributed by atoms with Crippen LogP contribution < -0.4 is 10.2 Å². The Labute approximate surface area is 177 Å². The van der Waals surface area contributed by atoms with Crippen LogP contribution in [0.4, 0.5) is 24.8 Å². The molecule has 11 heteroatoms. The summed E-state index contributed by atoms with van der Waals surface area (Å²) < 4.78 is 46.7. The summed E-state index contributed by atoms with van der Waals surface area (Å²) in [5.41, 5.74) is -1.13. The second-order valence-electron chi connectivity index (χ2n) is 7.27. The van der Waals surface area contributed by atoms with Gasteiger partial charge >= 0.3 is 6.18 Å². The van der Waals surface area contributed by atoms with E-state index in [9.17, 15) is 18.0 Å². The molecule has 1 amide bonds. The quantitative estimate of drug-likeness (QED) is 0.661. The van der Waals surface area contributed by atoms with E-state index in [4.69, 9.17) is 4.74 Å². The Hall–Kier alpha value is -2.27. The zero-order chi connectivity index (χ0) is 21.7. The normalized spacial score (nSPS) is 14.9. The topological polar surface area (TPSA) is 72.3 Å². The summed E-state index contributed by atoms with van der Waals surface area (Å²) in [5.74, 6) is 0.430. The van der Waals surface area contributed by atoms with Gasteiger partial charge in [0.1, 0.15) is 0 Å². The van der Waals surface area contributed by atoms with Gasteiger partial charge in [-0.2, -0.15) is 13.2 Å². The van der Waals surface area contributed by atoms with Crippen molar-refractivity contribution in [1.82, 2.24) is 14.8 Å². The number of amides is 1. The molecule has 2 heterocycles. The summed E-state index contributed by atoms with van der Waals surface area (Å²) >= 11 is 1.15. The molecule has 1 aromatic carbocycles. The molecular weight excluding hydrogens is 419 g/mol. The van der Waals surface area contributed by atoms with Crippen molar-refractivity contribution < 1.29 is 22.7 Å². The molecule has 1 aliphatic rings. The molecule has 0 bridgehead atoms. The molecule has 1 saturated heterocycles. The van der Waals surface area contributed by atoms with E-state index in [0.29, 0.717) is 43.9 Å². The predicted molar refractivity (Wildman–Crippen MR) is 109 cm³/mol. The molecule has 1 aromatic heterocycles. The van der Waals surface area contributed by atoms with Crippen molar-refractivity contribution in [3.63, 3.8) is 0 Å². The second kappa shape index (κ2) is 9.69. The number of morpholine rings is 1. The first-order valence-corrected chi connectivity index (χ1v) is 10.6. The maximum atomic E-state index is 13.1. The number of rotatable bonds is 7. The summed E-state index contributed by atoms with van der Waals surface area (Å²) in [6.07, 6.45) is -4.54. The Morgan fingerprint density at radius 2 is 1.93 bits per heavy atom. The molecule has 1 N–H and O–H groups in total. The van der Waals surface area contributed by atoms with E-state index in [1.54, 1.807) is 0 Å². The average Bonchev–Trinajstić information content (AvgIpc) is 3.08. The number of anilines is 2. The van der Waals surface area contributed by atoms with Crippen molar-refractivity contribution in [3.05, 3.63) is 29.8 Å². The first kappa shape index (κ1) is 22.4. The van der Waals surface area contributed by atoms with Crippen molar-refractivity contribution in [2.75, 3.05) is 42.3 Å². The molecule has 0 atom stereocenters. The molecule has 0 spiro atoms. The van der Waals surface area contributed by atoms with Gasteiger partial charge in [-0.15, -0.1) is 10.2 Å². The number of nitrogens with zero attached hydrogens (tertiary/aromatic N) is 4. The number of hydrogen-bond acceptors (Lipinski definition) is 6. The number of benzene rings is 1. The molecule has 0 aliphatic carbocycles. The Bertz CT molecular complexity index is 866. The highest BCUT2D eigenvalue weighted by molar-refractivity contribution is 7.99. The fourth-order valence-electron chi connectivity index (χ4n) is 3.07. The van der Waals surface area contributed by atoms with E-state index in [-0.39, 0.29) is 11.4 Å². The van der Waals surface area contributed by atoms with Gasteiger partial charge in [-0.3, -0.25) is 9.36 Å². The van der Waals surface area contributed by atoms with Gasteiger partial charge in [0, 0.05) is 19.6 Å². The molecule has 3 rings (SSSR count). The van der Waals surface area contributed by atoms with E-state index in [2.05, 4.69) is 34.3 Å². The van der Waals surface area contributed by atoms with Crippen LogP contribution in [0.3, 0.4) is 0 Å². The Morgan fingerprint density at radius 1 is 1.23 bits per heavy atom. The van der Waals surface area contributed by atoms with E-state index in [0.717, 1.165) is 23.8 Å². The van der Waals surface area contributed by atoms with Gasteiger partial charge in [0.25, 0.3) is 0 Å². The smallest absolute Gasteiger partial charge is 0.378 e. The lowest BCUT2D eigenvalue weighted by Gasteiger charge is -2.28. The van der Waals surface area contributed by atoms with Crippen molar-refractivity contribution in [2.45, 2.75) is 31.7 Å². The third kappa shape index (κ3) is 5.66. The highest BCUT2D eigenvalue weighted by atomic mass is 32.2. The lowest BCUT2D eigenvalue weighted by atomic mass is 10.1. The zero-order valence-electron chi connectivity index (χ0n) is 16.8. The SMILES string of the molecule is CC(C)Cn1c(SCC(=O)Nc2ccccc2C(F)(F)F)nnc1N1CCOCC1. The van der Waals surface area contributed by atoms with E-state index < -0.39 is 17.6 Å². The molecule has 0 radical (unpaired) electrons. The molecule has 1 aliphatic heterocycles. The second-order valence-corrected chi connectivity index (χ2v) is 8.21. The Kier molecular flexibility index (Phi) is 7.24. The molecule has 0 unspecified atom stereocenters. The highest BCUT2D eigenvalue weighted by Gasteiger charge is 2.33. The first-order chi connectivity index (χ1) is 14.3. The summed E-state index contributed by atoms with van der Waals surface area (Å²) in [5, 5.41) is 11.4. The fraction of sp³-hybridized carbons (Fsp3) is 0.526. The van der Waals surface area contributed by atoms with Gasteiger partial charge in [-0.05, 0) is 18.1 Å². The van der Waals surface area contributed by atoms with Crippen LogP contribution in [0.2, 0.25) is 0 Å². The van der Waals surface area contributed by atoms with Crippen LogP contribution in [-0.4, -0.2) is 52.7 Å². The predicted octanol–water partition coefficient (Wildman–Crippen LogP) is 3.52. The van der Waals surface area contributed by atoms with Crippen LogP contribution in [-0.2, 0) is 22.3 Å². The zero-order valence-corrected chi connectivity index (χ0v) is 17.6. The number of para-hydroxylation sites is 1. The van der Waals surface area contributed by atoms with Crippen LogP contribution >= 0.6 is 11.8 Å². The Morgan fingerprint density at radius 3 is 2.60 bits per heavy atom. The number of nitrogens with one attached hydrogen (secondary N) is 1. The number of halogens is 3. The third-order valence-electron chi connectivity index (χ3n) is 4.38. The first-order valence-electron chi connectivity index (χ1n) is 9.60. The summed E-state index contributed by atoms with van der Waals surface area (Å²) in [7, 11) is 0. The van der Waals surface area contributed by atoms with Gasteiger partial charge < -0.3 is 15.0 Å². The fourth-order valence-corrected chi connectivity index (χ4v) is 3.81. The van der Waals surface area contributed by atoms with Crippen LogP contribution in [0.1, 0.15) is 19.4 Å². The molecule has 30 heavy (non-hydrogen) atoms. The lowest BCUT2D eigenvalue weighted by molar-refractivity contribution is -0.137. The van der Waals surface area contributed by atoms with Crippen molar-refractivity contribution in [1.29, 1.82) is 0 Å². The monoisotopic (exact) mass is 443 g/mol. The number of hydrogen-bond donors (Lipinski definition) is 1. The lowest BCUT2D eigenvalue weighted by Crippen LogP contribution is -2.38. The van der Waals surface area contributed by atoms with E-state index >= 15 is 0 Å². The molecule has 164 valence electrons. The number of alkyl halides is 3. The van der Waals surface area contributed by atoms with Crippen LogP contribution in [0.5, 0.6) is 0 Å². The minimum atomic E-state index is -4.54. The Balaban J connectivity index is 1.69. The average molecular weight is 443 g/mol. The summed E-state index contributed by atoms with van der Waals surface area (Å²) in [6.45, 7) is 7.43.